The summed E-state index contributed by atoms with van der Waals surface area (Å²) in [6, 6.07) is 17.9. The number of benzene rings is 3. The Morgan fingerprint density at radius 2 is 0.919 bits per heavy atom. The van der Waals surface area contributed by atoms with Gasteiger partial charge in [0.05, 0.1) is 7.11 Å². The standard InChI is InChI=1S/C36H50O3.C5H7N2.3C4H8O.Gd/c1-33(2,3)22-18-25(31(37)27(20-22)35(7,8)9)30(24-16-14-15-17-29(24)39-13)26-19-23(34(4,5)6)21-28(32(26)38)36(10,11)12;1-4-3-5(2)7-6-4;3*1-2-4-5-3-1;/h14-21,30,37-38H,1-13H3;3H,1-2H3;3*1-4H2;/q;-1;;;;+3/p-2. The van der Waals surface area contributed by atoms with Gasteiger partial charge in [0.25, 0.3) is 0 Å². The Balaban J connectivity index is 0.000000456. The van der Waals surface area contributed by atoms with Gasteiger partial charge in [-0.2, -0.15) is 0 Å². The van der Waals surface area contributed by atoms with Crippen molar-refractivity contribution in [1.82, 2.24) is 10.2 Å². The third-order valence-electron chi connectivity index (χ3n) is 10.9. The van der Waals surface area contributed by atoms with Crippen molar-refractivity contribution >= 4 is 0 Å². The molecule has 0 N–H and O–H groups in total. The molecule has 0 spiro atoms. The van der Waals surface area contributed by atoms with Gasteiger partial charge < -0.3 is 39.4 Å². The zero-order chi connectivity index (χ0) is 45.6. The summed E-state index contributed by atoms with van der Waals surface area (Å²) in [6.45, 7) is 35.3. The molecule has 0 atom stereocenters. The van der Waals surface area contributed by atoms with E-state index < -0.39 is 5.92 Å². The first-order chi connectivity index (χ1) is 28.5. The Morgan fingerprint density at radius 1 is 0.548 bits per heavy atom. The van der Waals surface area contributed by atoms with Crippen molar-refractivity contribution < 1.29 is 69.1 Å². The van der Waals surface area contributed by atoms with Crippen LogP contribution in [0.25, 0.3) is 0 Å². The predicted molar refractivity (Wildman–Crippen MR) is 248 cm³/mol. The summed E-state index contributed by atoms with van der Waals surface area (Å²) >= 11 is 0. The minimum absolute atomic E-state index is 0. The van der Waals surface area contributed by atoms with Gasteiger partial charge in [-0.3, -0.25) is 0 Å². The van der Waals surface area contributed by atoms with Crippen molar-refractivity contribution in [2.45, 2.75) is 163 Å². The van der Waals surface area contributed by atoms with Crippen molar-refractivity contribution in [3.63, 3.8) is 0 Å². The number of aryl methyl sites for hydroxylation is 2. The molecule has 0 aliphatic carbocycles. The van der Waals surface area contributed by atoms with Gasteiger partial charge in [-0.1, -0.05) is 139 Å². The monoisotopic (exact) mass is 998 g/mol. The molecule has 3 saturated heterocycles. The molecule has 1 radical (unpaired) electrons. The van der Waals surface area contributed by atoms with Crippen molar-refractivity contribution in [3.05, 3.63) is 105 Å². The Bertz CT molecular complexity index is 1770. The van der Waals surface area contributed by atoms with Crippen LogP contribution in [0.5, 0.6) is 17.2 Å². The van der Waals surface area contributed by atoms with E-state index >= 15 is 0 Å². The van der Waals surface area contributed by atoms with E-state index in [2.05, 4.69) is 105 Å². The minimum Gasteiger partial charge on any atom is -0.872 e. The van der Waals surface area contributed by atoms with E-state index in [4.69, 9.17) is 18.9 Å². The van der Waals surface area contributed by atoms with Crippen LogP contribution in [0.4, 0.5) is 0 Å². The molecule has 3 aromatic carbocycles. The third kappa shape index (κ3) is 17.5. The number of aromatic nitrogens is 2. The average Bonchev–Trinajstić information content (AvgIpc) is 4.03. The third-order valence-corrected chi connectivity index (χ3v) is 10.9. The number of hydrogen-bond donors (Lipinski definition) is 0. The summed E-state index contributed by atoms with van der Waals surface area (Å²) in [4.78, 5) is 0. The topological polar surface area (TPSA) is 110 Å². The minimum atomic E-state index is -0.576. The molecule has 0 unspecified atom stereocenters. The van der Waals surface area contributed by atoms with Crippen LogP contribution in [0.3, 0.4) is 0 Å². The number of methoxy groups -OCH3 is 1. The molecule has 0 bridgehead atoms. The zero-order valence-corrected chi connectivity index (χ0v) is 43.2. The van der Waals surface area contributed by atoms with Gasteiger partial charge in [-0.25, -0.2) is 0 Å². The molecule has 0 saturated carbocycles. The molecule has 62 heavy (non-hydrogen) atoms. The fraction of sp³-hybridized carbons (Fsp3) is 0.604. The van der Waals surface area contributed by atoms with Crippen LogP contribution in [0.1, 0.15) is 178 Å². The van der Waals surface area contributed by atoms with Crippen LogP contribution in [0.2, 0.25) is 0 Å². The van der Waals surface area contributed by atoms with E-state index in [1.807, 2.05) is 56.3 Å². The van der Waals surface area contributed by atoms with E-state index in [0.717, 1.165) is 78.8 Å². The fourth-order valence-electron chi connectivity index (χ4n) is 7.17. The van der Waals surface area contributed by atoms with Gasteiger partial charge in [0.1, 0.15) is 5.75 Å². The molecule has 9 heteroatoms. The Kier molecular flexibility index (Phi) is 22.6. The molecule has 3 aliphatic rings. The summed E-state index contributed by atoms with van der Waals surface area (Å²) < 4.78 is 20.7. The molecule has 345 valence electrons. The molecule has 0 amide bonds. The number of nitrogens with zero attached hydrogens (tertiary/aromatic N) is 2. The molecular weight excluding hydrogens is 918 g/mol. The Labute approximate surface area is 408 Å². The van der Waals surface area contributed by atoms with Crippen LogP contribution in [-0.4, -0.2) is 51.8 Å². The van der Waals surface area contributed by atoms with Gasteiger partial charge in [0, 0.05) is 56.8 Å². The molecular formula is C53H79GdN2O6. The number of hydrogen-bond acceptors (Lipinski definition) is 7. The molecule has 8 nitrogen and oxygen atoms in total. The smallest absolute Gasteiger partial charge is 0.872 e. The second kappa shape index (κ2) is 25.2. The Hall–Kier alpha value is -2.53. The SMILES string of the molecule is C1CCOC1.C1CCOC1.C1CCOC1.COc1ccccc1C(c1cc(C(C)(C)C)cc(C(C)(C)C)c1[O-])c1cc(C(C)(C)C)cc(C(C)(C)C)c1[O-].Cc1cc(C)[n-]n1.[Gd+3]. The molecule has 3 fully saturated rings. The molecule has 1 aromatic heterocycles. The quantitative estimate of drug-likeness (QED) is 0.186. The van der Waals surface area contributed by atoms with Crippen LogP contribution < -0.4 is 20.0 Å². The fourth-order valence-corrected chi connectivity index (χ4v) is 7.17. The van der Waals surface area contributed by atoms with Gasteiger partial charge in [0.15, 0.2) is 0 Å². The maximum absolute atomic E-state index is 14.4. The first-order valence-electron chi connectivity index (χ1n) is 22.5. The zero-order valence-electron chi connectivity index (χ0n) is 41.0. The van der Waals surface area contributed by atoms with Gasteiger partial charge in [-0.15, -0.1) is 17.2 Å². The normalized spacial score (nSPS) is 15.2. The second-order valence-corrected chi connectivity index (χ2v) is 20.6. The van der Waals surface area contributed by atoms with Crippen molar-refractivity contribution in [1.29, 1.82) is 0 Å². The van der Waals surface area contributed by atoms with Crippen LogP contribution in [-0.2, 0) is 35.9 Å². The number of ether oxygens (including phenoxy) is 4. The summed E-state index contributed by atoms with van der Waals surface area (Å²) in [6.07, 6.45) is 7.67. The van der Waals surface area contributed by atoms with E-state index in [0.29, 0.717) is 16.9 Å². The van der Waals surface area contributed by atoms with E-state index in [1.165, 1.54) is 38.5 Å². The summed E-state index contributed by atoms with van der Waals surface area (Å²) in [5.74, 6) is 0.0692. The molecule has 4 aromatic rings. The summed E-state index contributed by atoms with van der Waals surface area (Å²) in [5, 5.41) is 36.4. The predicted octanol–water partition coefficient (Wildman–Crippen LogP) is 11.3. The van der Waals surface area contributed by atoms with Crippen molar-refractivity contribution in [2.24, 2.45) is 0 Å². The maximum Gasteiger partial charge on any atom is 3.00 e. The summed E-state index contributed by atoms with van der Waals surface area (Å²) in [5.41, 5.74) is 6.68. The Morgan fingerprint density at radius 3 is 1.16 bits per heavy atom. The average molecular weight is 997 g/mol. The first-order valence-corrected chi connectivity index (χ1v) is 22.5. The van der Waals surface area contributed by atoms with E-state index in [1.54, 1.807) is 7.11 Å². The maximum atomic E-state index is 14.4. The van der Waals surface area contributed by atoms with Crippen LogP contribution >= 0.6 is 0 Å². The first kappa shape index (κ1) is 55.6. The molecule has 4 heterocycles. The molecule has 3 aliphatic heterocycles. The van der Waals surface area contributed by atoms with Crippen LogP contribution in [0, 0.1) is 53.8 Å². The van der Waals surface area contributed by atoms with Gasteiger partial charge in [-0.05, 0) is 107 Å². The van der Waals surface area contributed by atoms with Gasteiger partial charge >= 0.3 is 39.9 Å². The number of rotatable bonds is 4. The largest absolute Gasteiger partial charge is 3.00 e. The summed E-state index contributed by atoms with van der Waals surface area (Å²) in [7, 11) is 1.64. The van der Waals surface area contributed by atoms with Crippen molar-refractivity contribution in [3.8, 4) is 17.2 Å². The van der Waals surface area contributed by atoms with Gasteiger partial charge in [0.2, 0.25) is 0 Å². The van der Waals surface area contributed by atoms with Crippen molar-refractivity contribution in [2.75, 3.05) is 46.8 Å². The van der Waals surface area contributed by atoms with E-state index in [9.17, 15) is 10.2 Å². The van der Waals surface area contributed by atoms with E-state index in [-0.39, 0.29) is 73.1 Å². The second-order valence-electron chi connectivity index (χ2n) is 20.6. The molecule has 7 rings (SSSR count). The number of para-hydroxylation sites is 1. The van der Waals surface area contributed by atoms with Crippen LogP contribution in [0.15, 0.2) is 54.6 Å².